The van der Waals surface area contributed by atoms with Crippen molar-refractivity contribution in [2.45, 2.75) is 19.8 Å². The van der Waals surface area contributed by atoms with Crippen LogP contribution in [0.1, 0.15) is 28.3 Å². The van der Waals surface area contributed by atoms with Crippen molar-refractivity contribution in [3.63, 3.8) is 0 Å². The van der Waals surface area contributed by atoms with E-state index in [4.69, 9.17) is 4.74 Å². The van der Waals surface area contributed by atoms with Crippen molar-refractivity contribution in [2.75, 3.05) is 19.7 Å². The van der Waals surface area contributed by atoms with Crippen LogP contribution in [-0.4, -0.2) is 40.5 Å². The van der Waals surface area contributed by atoms with Crippen molar-refractivity contribution >= 4 is 27.5 Å². The summed E-state index contributed by atoms with van der Waals surface area (Å²) in [5.74, 6) is 1.22. The number of hydrogen-bond donors (Lipinski definition) is 0. The topological polar surface area (TPSA) is 55.3 Å². The average molecular weight is 367 g/mol. The molecule has 1 amide bonds. The number of likely N-dealkylation sites (tertiary alicyclic amines) is 1. The summed E-state index contributed by atoms with van der Waals surface area (Å²) in [6.45, 7) is 4.08. The number of para-hydroxylation sites is 1. The maximum absolute atomic E-state index is 12.9. The van der Waals surface area contributed by atoms with Gasteiger partial charge in [-0.3, -0.25) is 9.78 Å². The van der Waals surface area contributed by atoms with Gasteiger partial charge in [0.15, 0.2) is 5.01 Å². The number of benzene rings is 1. The highest BCUT2D eigenvalue weighted by Gasteiger charge is 2.26. The number of carbonyl (C=O) groups excluding carboxylic acids is 1. The summed E-state index contributed by atoms with van der Waals surface area (Å²) in [4.78, 5) is 23.5. The summed E-state index contributed by atoms with van der Waals surface area (Å²) in [6.07, 6.45) is 3.84. The maximum Gasteiger partial charge on any atom is 0.282 e. The molecule has 4 rings (SSSR count). The molecule has 0 spiro atoms. The van der Waals surface area contributed by atoms with Crippen molar-refractivity contribution in [2.24, 2.45) is 5.92 Å². The highest BCUT2D eigenvalue weighted by Crippen LogP contribution is 2.25. The first-order valence-electron chi connectivity index (χ1n) is 8.89. The largest absolute Gasteiger partial charge is 0.493 e. The molecule has 134 valence electrons. The predicted octanol–water partition coefficient (Wildman–Crippen LogP) is 3.93. The van der Waals surface area contributed by atoms with Gasteiger partial charge in [-0.2, -0.15) is 0 Å². The monoisotopic (exact) mass is 367 g/mol. The Bertz CT molecular complexity index is 891. The Morgan fingerprint density at radius 3 is 3.08 bits per heavy atom. The van der Waals surface area contributed by atoms with Gasteiger partial charge < -0.3 is 9.64 Å². The van der Waals surface area contributed by atoms with Gasteiger partial charge in [0.05, 0.1) is 16.8 Å². The molecular formula is C20H21N3O2S. The minimum absolute atomic E-state index is 0.0376. The van der Waals surface area contributed by atoms with Gasteiger partial charge in [0.25, 0.3) is 5.91 Å². The van der Waals surface area contributed by atoms with Crippen LogP contribution in [-0.2, 0) is 0 Å². The van der Waals surface area contributed by atoms with Crippen LogP contribution < -0.4 is 4.74 Å². The third-order valence-electron chi connectivity index (χ3n) is 4.64. The molecule has 1 aliphatic heterocycles. The van der Waals surface area contributed by atoms with E-state index < -0.39 is 0 Å². The number of nitrogens with zero attached hydrogens (tertiary/aromatic N) is 3. The Labute approximate surface area is 156 Å². The van der Waals surface area contributed by atoms with Crippen LogP contribution >= 0.6 is 11.3 Å². The van der Waals surface area contributed by atoms with Gasteiger partial charge in [-0.15, -0.1) is 11.3 Å². The number of carbonyl (C=O) groups is 1. The van der Waals surface area contributed by atoms with E-state index in [1.54, 1.807) is 6.20 Å². The van der Waals surface area contributed by atoms with Crippen LogP contribution in [0.2, 0.25) is 0 Å². The normalized spacial score (nSPS) is 17.4. The lowest BCUT2D eigenvalue weighted by Gasteiger charge is -2.32. The zero-order valence-corrected chi connectivity index (χ0v) is 15.5. The number of ether oxygens (including phenoxy) is 1. The molecule has 0 radical (unpaired) electrons. The number of rotatable bonds is 4. The van der Waals surface area contributed by atoms with Gasteiger partial charge in [0, 0.05) is 37.0 Å². The molecule has 1 atom stereocenters. The number of aryl methyl sites for hydroxylation is 1. The van der Waals surface area contributed by atoms with Crippen LogP contribution in [0.25, 0.3) is 10.2 Å². The van der Waals surface area contributed by atoms with Gasteiger partial charge in [0.1, 0.15) is 5.75 Å². The highest BCUT2D eigenvalue weighted by atomic mass is 32.1. The third-order valence-corrected chi connectivity index (χ3v) is 5.66. The van der Waals surface area contributed by atoms with Crippen molar-refractivity contribution < 1.29 is 9.53 Å². The fraction of sp³-hybridized carbons (Fsp3) is 0.350. The molecular weight excluding hydrogens is 346 g/mol. The molecule has 3 aromatic rings. The molecule has 1 aliphatic rings. The van der Waals surface area contributed by atoms with Crippen molar-refractivity contribution in [1.29, 1.82) is 0 Å². The quantitative estimate of drug-likeness (QED) is 0.701. The van der Waals surface area contributed by atoms with Gasteiger partial charge in [-0.25, -0.2) is 4.98 Å². The third kappa shape index (κ3) is 3.70. The van der Waals surface area contributed by atoms with E-state index in [1.807, 2.05) is 48.2 Å². The molecule has 1 saturated heterocycles. The maximum atomic E-state index is 12.9. The van der Waals surface area contributed by atoms with Crippen LogP contribution in [0, 0.1) is 12.8 Å². The second-order valence-electron chi connectivity index (χ2n) is 6.69. The summed E-state index contributed by atoms with van der Waals surface area (Å²) in [5, 5.41) is 0.581. The van der Waals surface area contributed by atoms with Crippen LogP contribution in [0.4, 0.5) is 0 Å². The standard InChI is InChI=1S/C20H21N3O2S/c1-14-11-16(8-9-21-14)25-13-15-5-4-10-23(12-15)20(24)19-22-17-6-2-3-7-18(17)26-19/h2-3,6-9,11,15H,4-5,10,12-13H2,1H3. The Kier molecular flexibility index (Phi) is 4.84. The zero-order chi connectivity index (χ0) is 17.9. The first-order chi connectivity index (χ1) is 12.7. The molecule has 26 heavy (non-hydrogen) atoms. The highest BCUT2D eigenvalue weighted by molar-refractivity contribution is 7.20. The molecule has 2 aromatic heterocycles. The second-order valence-corrected chi connectivity index (χ2v) is 7.72. The number of fused-ring (bicyclic) bond motifs is 1. The summed E-state index contributed by atoms with van der Waals surface area (Å²) >= 11 is 1.47. The second kappa shape index (κ2) is 7.41. The van der Waals surface area contributed by atoms with E-state index in [0.29, 0.717) is 17.5 Å². The first kappa shape index (κ1) is 17.0. The van der Waals surface area contributed by atoms with E-state index >= 15 is 0 Å². The predicted molar refractivity (Wildman–Crippen MR) is 103 cm³/mol. The number of thiazole rings is 1. The fourth-order valence-corrected chi connectivity index (χ4v) is 4.24. The lowest BCUT2D eigenvalue weighted by atomic mass is 9.99. The first-order valence-corrected chi connectivity index (χ1v) is 9.71. The number of amides is 1. The van der Waals surface area contributed by atoms with Crippen LogP contribution in [0.5, 0.6) is 5.75 Å². The minimum Gasteiger partial charge on any atom is -0.493 e. The smallest absolute Gasteiger partial charge is 0.282 e. The minimum atomic E-state index is 0.0376. The van der Waals surface area contributed by atoms with Crippen molar-refractivity contribution in [1.82, 2.24) is 14.9 Å². The lowest BCUT2D eigenvalue weighted by molar-refractivity contribution is 0.0633. The molecule has 1 fully saturated rings. The SMILES string of the molecule is Cc1cc(OCC2CCCN(C(=O)c3nc4ccccc4s3)C2)ccn1. The molecule has 0 saturated carbocycles. The Balaban J connectivity index is 1.40. The molecule has 0 aliphatic carbocycles. The van der Waals surface area contributed by atoms with E-state index in [2.05, 4.69) is 9.97 Å². The number of pyridine rings is 1. The average Bonchev–Trinajstić information content (AvgIpc) is 3.10. The summed E-state index contributed by atoms with van der Waals surface area (Å²) in [7, 11) is 0. The van der Waals surface area contributed by atoms with Gasteiger partial charge in [-0.1, -0.05) is 12.1 Å². The number of aromatic nitrogens is 2. The van der Waals surface area contributed by atoms with Crippen LogP contribution in [0.3, 0.4) is 0 Å². The summed E-state index contributed by atoms with van der Waals surface area (Å²) in [6, 6.07) is 11.7. The zero-order valence-electron chi connectivity index (χ0n) is 14.7. The van der Waals surface area contributed by atoms with Crippen molar-refractivity contribution in [3.8, 4) is 5.75 Å². The van der Waals surface area contributed by atoms with E-state index in [0.717, 1.165) is 47.6 Å². The molecule has 1 unspecified atom stereocenters. The molecule has 0 N–H and O–H groups in total. The summed E-state index contributed by atoms with van der Waals surface area (Å²) < 4.78 is 6.97. The van der Waals surface area contributed by atoms with E-state index in [1.165, 1.54) is 11.3 Å². The van der Waals surface area contributed by atoms with Gasteiger partial charge in [-0.05, 0) is 38.0 Å². The van der Waals surface area contributed by atoms with Gasteiger partial charge >= 0.3 is 0 Å². The summed E-state index contributed by atoms with van der Waals surface area (Å²) in [5.41, 5.74) is 1.84. The van der Waals surface area contributed by atoms with Crippen molar-refractivity contribution in [3.05, 3.63) is 53.3 Å². The Morgan fingerprint density at radius 2 is 2.23 bits per heavy atom. The Hall–Kier alpha value is -2.47. The fourth-order valence-electron chi connectivity index (χ4n) is 3.31. The molecule has 6 heteroatoms. The number of piperidine rings is 1. The molecule has 0 bridgehead atoms. The molecule has 5 nitrogen and oxygen atoms in total. The van der Waals surface area contributed by atoms with Gasteiger partial charge in [0.2, 0.25) is 0 Å². The van der Waals surface area contributed by atoms with Crippen LogP contribution in [0.15, 0.2) is 42.6 Å². The van der Waals surface area contributed by atoms with E-state index in [9.17, 15) is 4.79 Å². The number of hydrogen-bond acceptors (Lipinski definition) is 5. The molecule has 3 heterocycles. The lowest BCUT2D eigenvalue weighted by Crippen LogP contribution is -2.41. The molecule has 1 aromatic carbocycles. The Morgan fingerprint density at radius 1 is 1.35 bits per heavy atom. The van der Waals surface area contributed by atoms with E-state index in [-0.39, 0.29) is 5.91 Å².